The van der Waals surface area contributed by atoms with Gasteiger partial charge in [-0.2, -0.15) is 10.3 Å². The van der Waals surface area contributed by atoms with Gasteiger partial charge in [-0.15, -0.1) is 5.10 Å². The second kappa shape index (κ2) is 4.69. The van der Waals surface area contributed by atoms with Crippen molar-refractivity contribution in [3.05, 3.63) is 29.8 Å². The molecule has 0 saturated carbocycles. The summed E-state index contributed by atoms with van der Waals surface area (Å²) >= 11 is 0. The van der Waals surface area contributed by atoms with E-state index in [1.165, 1.54) is 12.1 Å². The maximum absolute atomic E-state index is 12.7. The number of H-pyrrole nitrogens is 1. The van der Waals surface area contributed by atoms with E-state index in [1.807, 2.05) is 0 Å². The molecule has 0 saturated heterocycles. The van der Waals surface area contributed by atoms with E-state index in [0.29, 0.717) is 5.69 Å². The minimum absolute atomic E-state index is 0.0333. The van der Waals surface area contributed by atoms with E-state index < -0.39 is 11.8 Å². The van der Waals surface area contributed by atoms with Crippen LogP contribution in [0.3, 0.4) is 0 Å². The number of aromatic nitrogens is 4. The molecule has 17 heavy (non-hydrogen) atoms. The van der Waals surface area contributed by atoms with Crippen LogP contribution in [0, 0.1) is 5.82 Å². The zero-order valence-electron chi connectivity index (χ0n) is 8.98. The van der Waals surface area contributed by atoms with E-state index in [1.54, 1.807) is 6.92 Å². The van der Waals surface area contributed by atoms with Gasteiger partial charge < -0.3 is 4.74 Å². The molecule has 0 amide bonds. The van der Waals surface area contributed by atoms with Gasteiger partial charge in [0.15, 0.2) is 5.69 Å². The molecule has 0 aliphatic carbocycles. The van der Waals surface area contributed by atoms with E-state index in [-0.39, 0.29) is 18.0 Å². The van der Waals surface area contributed by atoms with Crippen molar-refractivity contribution in [3.8, 4) is 11.4 Å². The average Bonchev–Trinajstić information content (AvgIpc) is 2.79. The minimum atomic E-state index is -0.595. The molecule has 0 aliphatic heterocycles. The van der Waals surface area contributed by atoms with Crippen LogP contribution >= 0.6 is 0 Å². The van der Waals surface area contributed by atoms with E-state index in [2.05, 4.69) is 20.4 Å². The van der Waals surface area contributed by atoms with Gasteiger partial charge in [0.1, 0.15) is 11.5 Å². The summed E-state index contributed by atoms with van der Waals surface area (Å²) in [7, 11) is 0. The maximum atomic E-state index is 12.7. The molecule has 88 valence electrons. The maximum Gasteiger partial charge on any atom is 0.361 e. The molecule has 2 rings (SSSR count). The molecule has 0 atom stereocenters. The number of ether oxygens (including phenoxy) is 1. The summed E-state index contributed by atoms with van der Waals surface area (Å²) < 4.78 is 17.5. The average molecular weight is 236 g/mol. The molecule has 0 fully saturated rings. The first-order valence-corrected chi connectivity index (χ1v) is 4.92. The Morgan fingerprint density at radius 2 is 2.29 bits per heavy atom. The highest BCUT2D eigenvalue weighted by Crippen LogP contribution is 2.17. The van der Waals surface area contributed by atoms with Gasteiger partial charge in [0.2, 0.25) is 0 Å². The standard InChI is InChI=1S/C10H9FN4O2/c1-2-17-10(16)9-8(13-15-14-9)7-4-3-6(11)5-12-7/h3-5H,2H2,1H3,(H,13,14,15). The van der Waals surface area contributed by atoms with Gasteiger partial charge in [0.25, 0.3) is 0 Å². The van der Waals surface area contributed by atoms with Crippen molar-refractivity contribution in [2.24, 2.45) is 0 Å². The van der Waals surface area contributed by atoms with Crippen LogP contribution in [0.2, 0.25) is 0 Å². The first-order chi connectivity index (χ1) is 8.22. The molecule has 0 bridgehead atoms. The molecule has 0 spiro atoms. The zero-order chi connectivity index (χ0) is 12.3. The van der Waals surface area contributed by atoms with Crippen molar-refractivity contribution in [2.75, 3.05) is 6.61 Å². The number of carbonyl (C=O) groups excluding carboxylic acids is 1. The van der Waals surface area contributed by atoms with Crippen molar-refractivity contribution in [2.45, 2.75) is 6.92 Å². The highest BCUT2D eigenvalue weighted by Gasteiger charge is 2.19. The Hall–Kier alpha value is -2.31. The minimum Gasteiger partial charge on any atom is -0.461 e. The first-order valence-electron chi connectivity index (χ1n) is 4.92. The van der Waals surface area contributed by atoms with Gasteiger partial charge in [-0.1, -0.05) is 0 Å². The molecule has 2 aromatic rings. The molecular weight excluding hydrogens is 227 g/mol. The van der Waals surface area contributed by atoms with Crippen LogP contribution in [-0.2, 0) is 4.74 Å². The van der Waals surface area contributed by atoms with Crippen molar-refractivity contribution in [1.29, 1.82) is 0 Å². The van der Waals surface area contributed by atoms with Crippen LogP contribution in [0.1, 0.15) is 17.4 Å². The van der Waals surface area contributed by atoms with Crippen LogP contribution in [0.5, 0.6) is 0 Å². The quantitative estimate of drug-likeness (QED) is 0.809. The number of carbonyl (C=O) groups is 1. The first kappa shape index (κ1) is 11.2. The number of halogens is 1. The molecule has 0 aromatic carbocycles. The van der Waals surface area contributed by atoms with Crippen molar-refractivity contribution >= 4 is 5.97 Å². The molecule has 0 aliphatic rings. The van der Waals surface area contributed by atoms with Crippen LogP contribution in [0.4, 0.5) is 4.39 Å². The topological polar surface area (TPSA) is 80.8 Å². The summed E-state index contributed by atoms with van der Waals surface area (Å²) in [5.41, 5.74) is 0.623. The number of pyridine rings is 1. The van der Waals surface area contributed by atoms with Gasteiger partial charge in [-0.3, -0.25) is 4.98 Å². The van der Waals surface area contributed by atoms with Crippen molar-refractivity contribution < 1.29 is 13.9 Å². The molecule has 7 heteroatoms. The Labute approximate surface area is 95.8 Å². The largest absolute Gasteiger partial charge is 0.461 e. The smallest absolute Gasteiger partial charge is 0.361 e. The highest BCUT2D eigenvalue weighted by molar-refractivity contribution is 5.93. The SMILES string of the molecule is CCOC(=O)c1n[nH]nc1-c1ccc(F)cn1. The Morgan fingerprint density at radius 3 is 2.94 bits per heavy atom. The van der Waals surface area contributed by atoms with E-state index in [0.717, 1.165) is 6.20 Å². The lowest BCUT2D eigenvalue weighted by Crippen LogP contribution is -2.07. The Morgan fingerprint density at radius 1 is 1.47 bits per heavy atom. The highest BCUT2D eigenvalue weighted by atomic mass is 19.1. The lowest BCUT2D eigenvalue weighted by Gasteiger charge is -2.00. The van der Waals surface area contributed by atoms with Crippen LogP contribution in [0.15, 0.2) is 18.3 Å². The third kappa shape index (κ3) is 2.27. The van der Waals surface area contributed by atoms with E-state index >= 15 is 0 Å². The Balaban J connectivity index is 2.36. The van der Waals surface area contributed by atoms with Crippen LogP contribution < -0.4 is 0 Å². The number of nitrogens with zero attached hydrogens (tertiary/aromatic N) is 3. The van der Waals surface area contributed by atoms with Gasteiger partial charge >= 0.3 is 5.97 Å². The Kier molecular flexibility index (Phi) is 3.08. The fourth-order valence-corrected chi connectivity index (χ4v) is 1.27. The number of esters is 1. The summed E-state index contributed by atoms with van der Waals surface area (Å²) in [6.45, 7) is 1.93. The normalized spacial score (nSPS) is 10.2. The number of nitrogens with one attached hydrogen (secondary N) is 1. The van der Waals surface area contributed by atoms with Crippen LogP contribution in [0.25, 0.3) is 11.4 Å². The monoisotopic (exact) mass is 236 g/mol. The van der Waals surface area contributed by atoms with E-state index in [4.69, 9.17) is 4.74 Å². The molecule has 0 unspecified atom stereocenters. The predicted octanol–water partition coefficient (Wildman–Crippen LogP) is 1.18. The fourth-order valence-electron chi connectivity index (χ4n) is 1.27. The summed E-state index contributed by atoms with van der Waals surface area (Å²) in [4.78, 5) is 15.3. The molecule has 2 heterocycles. The van der Waals surface area contributed by atoms with Crippen molar-refractivity contribution in [1.82, 2.24) is 20.4 Å². The molecule has 6 nitrogen and oxygen atoms in total. The predicted molar refractivity (Wildman–Crippen MR) is 55.5 cm³/mol. The summed E-state index contributed by atoms with van der Waals surface area (Å²) in [5, 5.41) is 9.80. The molecule has 1 N–H and O–H groups in total. The summed E-state index contributed by atoms with van der Waals surface area (Å²) in [6.07, 6.45) is 1.04. The number of hydrogen-bond donors (Lipinski definition) is 1. The van der Waals surface area contributed by atoms with Gasteiger partial charge in [0.05, 0.1) is 18.5 Å². The number of rotatable bonds is 3. The lowest BCUT2D eigenvalue weighted by molar-refractivity contribution is 0.0520. The molecule has 2 aromatic heterocycles. The second-order valence-electron chi connectivity index (χ2n) is 3.10. The Bertz CT molecular complexity index is 523. The third-order valence-electron chi connectivity index (χ3n) is 1.99. The van der Waals surface area contributed by atoms with Crippen LogP contribution in [-0.4, -0.2) is 33.0 Å². The second-order valence-corrected chi connectivity index (χ2v) is 3.10. The molecular formula is C10H9FN4O2. The lowest BCUT2D eigenvalue weighted by atomic mass is 10.2. The summed E-state index contributed by atoms with van der Waals surface area (Å²) in [5.74, 6) is -1.06. The van der Waals surface area contributed by atoms with E-state index in [9.17, 15) is 9.18 Å². The zero-order valence-corrected chi connectivity index (χ0v) is 8.98. The molecule has 0 radical (unpaired) electrons. The third-order valence-corrected chi connectivity index (χ3v) is 1.99. The summed E-state index contributed by atoms with van der Waals surface area (Å²) in [6, 6.07) is 2.64. The number of hydrogen-bond acceptors (Lipinski definition) is 5. The van der Waals surface area contributed by atoms with Gasteiger partial charge in [0, 0.05) is 0 Å². The number of aromatic amines is 1. The fraction of sp³-hybridized carbons (Fsp3) is 0.200. The van der Waals surface area contributed by atoms with Crippen molar-refractivity contribution in [3.63, 3.8) is 0 Å². The van der Waals surface area contributed by atoms with Gasteiger partial charge in [-0.05, 0) is 19.1 Å². The van der Waals surface area contributed by atoms with Gasteiger partial charge in [-0.25, -0.2) is 9.18 Å².